The molecule has 0 spiro atoms. The molecule has 21 heavy (non-hydrogen) atoms. The molecule has 0 bridgehead atoms. The second kappa shape index (κ2) is 5.91. The minimum atomic E-state index is -3.38. The summed E-state index contributed by atoms with van der Waals surface area (Å²) in [6.07, 6.45) is 4.01. The highest BCUT2D eigenvalue weighted by Crippen LogP contribution is 2.38. The zero-order valence-corrected chi connectivity index (χ0v) is 13.9. The number of likely N-dealkylation sites (N-methyl/N-ethyl adjacent to an activating group) is 1. The molecule has 1 aliphatic carbocycles. The Morgan fingerprint density at radius 2 is 1.90 bits per heavy atom. The van der Waals surface area contributed by atoms with Gasteiger partial charge in [-0.25, -0.2) is 8.42 Å². The summed E-state index contributed by atoms with van der Waals surface area (Å²) >= 11 is 5.96. The van der Waals surface area contributed by atoms with E-state index in [4.69, 9.17) is 11.6 Å². The predicted octanol–water partition coefficient (Wildman–Crippen LogP) is 1.89. The second-order valence-corrected chi connectivity index (χ2v) is 7.98. The Balaban J connectivity index is 1.81. The maximum atomic E-state index is 12.8. The monoisotopic (exact) mass is 331 g/mol. The van der Waals surface area contributed by atoms with E-state index in [9.17, 15) is 8.42 Å². The van der Waals surface area contributed by atoms with Crippen molar-refractivity contribution < 1.29 is 8.42 Å². The largest absolute Gasteiger partial charge is 0.346 e. The number of aromatic nitrogens is 1. The molecule has 2 aliphatic rings. The molecule has 118 valence electrons. The van der Waals surface area contributed by atoms with Crippen LogP contribution in [0.5, 0.6) is 0 Å². The van der Waals surface area contributed by atoms with Gasteiger partial charge >= 0.3 is 0 Å². The lowest BCUT2D eigenvalue weighted by Gasteiger charge is -2.32. The number of hydrogen-bond acceptors (Lipinski definition) is 3. The van der Waals surface area contributed by atoms with Crippen LogP contribution in [0.1, 0.15) is 31.5 Å². The Bertz CT molecular complexity index is 602. The van der Waals surface area contributed by atoms with Crippen LogP contribution in [0.25, 0.3) is 0 Å². The quantitative estimate of drug-likeness (QED) is 0.774. The van der Waals surface area contributed by atoms with E-state index >= 15 is 0 Å². The van der Waals surface area contributed by atoms with Gasteiger partial charge in [-0.3, -0.25) is 0 Å². The predicted molar refractivity (Wildman–Crippen MR) is 83.1 cm³/mol. The van der Waals surface area contributed by atoms with E-state index in [1.165, 1.54) is 0 Å². The SMILES string of the molecule is CCN1CCN(S(=O)(=O)c2cc(CCl)n(C3CC3)c2)CC1. The Morgan fingerprint density at radius 1 is 1.24 bits per heavy atom. The van der Waals surface area contributed by atoms with Crippen molar-refractivity contribution in [3.63, 3.8) is 0 Å². The number of nitrogens with zero attached hydrogens (tertiary/aromatic N) is 3. The van der Waals surface area contributed by atoms with E-state index in [0.717, 1.165) is 38.2 Å². The molecular weight excluding hydrogens is 310 g/mol. The molecule has 3 rings (SSSR count). The summed E-state index contributed by atoms with van der Waals surface area (Å²) in [5, 5.41) is 0. The average Bonchev–Trinajstić information content (AvgIpc) is 3.25. The molecule has 1 saturated carbocycles. The Morgan fingerprint density at radius 3 is 2.43 bits per heavy atom. The van der Waals surface area contributed by atoms with Gasteiger partial charge < -0.3 is 9.47 Å². The maximum Gasteiger partial charge on any atom is 0.244 e. The van der Waals surface area contributed by atoms with Gasteiger partial charge in [-0.2, -0.15) is 4.31 Å². The highest BCUT2D eigenvalue weighted by molar-refractivity contribution is 7.89. The number of hydrogen-bond donors (Lipinski definition) is 0. The molecular formula is C14H22ClN3O2S. The van der Waals surface area contributed by atoms with Gasteiger partial charge in [0.2, 0.25) is 10.0 Å². The van der Waals surface area contributed by atoms with E-state index in [0.29, 0.717) is 29.9 Å². The molecule has 0 N–H and O–H groups in total. The molecule has 1 aromatic rings. The average molecular weight is 332 g/mol. The van der Waals surface area contributed by atoms with Crippen LogP contribution in [-0.2, 0) is 15.9 Å². The molecule has 0 unspecified atom stereocenters. The lowest BCUT2D eigenvalue weighted by Crippen LogP contribution is -2.48. The number of rotatable bonds is 5. The summed E-state index contributed by atoms with van der Waals surface area (Å²) in [5.74, 6) is 0.357. The normalized spacial score (nSPS) is 21.8. The highest BCUT2D eigenvalue weighted by atomic mass is 35.5. The van der Waals surface area contributed by atoms with Crippen molar-refractivity contribution in [1.29, 1.82) is 0 Å². The lowest BCUT2D eigenvalue weighted by atomic mass is 10.4. The third-order valence-corrected chi connectivity index (χ3v) is 6.54. The van der Waals surface area contributed by atoms with Crippen molar-refractivity contribution in [3.8, 4) is 0 Å². The van der Waals surface area contributed by atoms with Crippen molar-refractivity contribution in [2.24, 2.45) is 0 Å². The summed E-state index contributed by atoms with van der Waals surface area (Å²) < 4.78 is 29.2. The molecule has 2 fully saturated rings. The third-order valence-electron chi connectivity index (χ3n) is 4.40. The molecule has 0 amide bonds. The van der Waals surface area contributed by atoms with E-state index in [2.05, 4.69) is 11.8 Å². The summed E-state index contributed by atoms with van der Waals surface area (Å²) in [4.78, 5) is 2.67. The van der Waals surface area contributed by atoms with Gasteiger partial charge in [0.05, 0.1) is 5.88 Å². The van der Waals surface area contributed by atoms with Crippen molar-refractivity contribution >= 4 is 21.6 Å². The van der Waals surface area contributed by atoms with Crippen LogP contribution in [0.4, 0.5) is 0 Å². The van der Waals surface area contributed by atoms with Crippen molar-refractivity contribution in [1.82, 2.24) is 13.8 Å². The van der Waals surface area contributed by atoms with Gasteiger partial charge in [0.1, 0.15) is 4.90 Å². The zero-order chi connectivity index (χ0) is 15.0. The van der Waals surface area contributed by atoms with Crippen LogP contribution in [0.15, 0.2) is 17.2 Å². The fraction of sp³-hybridized carbons (Fsp3) is 0.714. The lowest BCUT2D eigenvalue weighted by molar-refractivity contribution is 0.196. The number of sulfonamides is 1. The molecule has 5 nitrogen and oxygen atoms in total. The smallest absolute Gasteiger partial charge is 0.244 e. The highest BCUT2D eigenvalue weighted by Gasteiger charge is 2.32. The van der Waals surface area contributed by atoms with Gasteiger partial charge in [-0.15, -0.1) is 11.6 Å². The van der Waals surface area contributed by atoms with Crippen LogP contribution < -0.4 is 0 Å². The minimum absolute atomic E-state index is 0.357. The first-order chi connectivity index (χ1) is 10.1. The molecule has 0 radical (unpaired) electrons. The fourth-order valence-electron chi connectivity index (χ4n) is 2.87. The topological polar surface area (TPSA) is 45.6 Å². The van der Waals surface area contributed by atoms with E-state index < -0.39 is 10.0 Å². The first-order valence-corrected chi connectivity index (χ1v) is 9.53. The third kappa shape index (κ3) is 2.99. The molecule has 0 aromatic carbocycles. The Hall–Kier alpha value is -0.560. The van der Waals surface area contributed by atoms with Crippen molar-refractivity contribution in [2.75, 3.05) is 32.7 Å². The van der Waals surface area contributed by atoms with Crippen molar-refractivity contribution in [3.05, 3.63) is 18.0 Å². The minimum Gasteiger partial charge on any atom is -0.346 e. The Kier molecular flexibility index (Phi) is 4.32. The molecule has 1 aromatic heterocycles. The first-order valence-electron chi connectivity index (χ1n) is 7.55. The van der Waals surface area contributed by atoms with Crippen LogP contribution >= 0.6 is 11.6 Å². The summed E-state index contributed by atoms with van der Waals surface area (Å²) in [5.41, 5.74) is 0.907. The number of halogens is 1. The first kappa shape index (κ1) is 15.3. The van der Waals surface area contributed by atoms with Gasteiger partial charge in [-0.05, 0) is 25.5 Å². The number of alkyl halides is 1. The summed E-state index contributed by atoms with van der Waals surface area (Å²) in [7, 11) is -3.38. The molecule has 1 aliphatic heterocycles. The fourth-order valence-corrected chi connectivity index (χ4v) is 4.56. The summed E-state index contributed by atoms with van der Waals surface area (Å²) in [6, 6.07) is 2.19. The van der Waals surface area contributed by atoms with Gasteiger partial charge in [-0.1, -0.05) is 6.92 Å². The Labute approximate surface area is 131 Å². The van der Waals surface area contributed by atoms with Crippen LogP contribution in [0, 0.1) is 0 Å². The van der Waals surface area contributed by atoms with E-state index in [-0.39, 0.29) is 0 Å². The standard InChI is InChI=1S/C14H22ClN3O2S/c1-2-16-5-7-17(8-6-16)21(19,20)14-9-13(10-15)18(11-14)12-3-4-12/h9,11-12H,2-8,10H2,1H3. The van der Waals surface area contributed by atoms with Gasteiger partial charge in [0.25, 0.3) is 0 Å². The van der Waals surface area contributed by atoms with E-state index in [1.807, 2.05) is 4.57 Å². The molecule has 1 saturated heterocycles. The molecule has 7 heteroatoms. The summed E-state index contributed by atoms with van der Waals surface area (Å²) in [6.45, 7) is 5.83. The van der Waals surface area contributed by atoms with Crippen LogP contribution in [-0.4, -0.2) is 54.9 Å². The van der Waals surface area contributed by atoms with Crippen LogP contribution in [0.2, 0.25) is 0 Å². The molecule has 2 heterocycles. The van der Waals surface area contributed by atoms with E-state index in [1.54, 1.807) is 16.6 Å². The maximum absolute atomic E-state index is 12.8. The van der Waals surface area contributed by atoms with Crippen molar-refractivity contribution in [2.45, 2.75) is 36.6 Å². The second-order valence-electron chi connectivity index (χ2n) is 5.78. The van der Waals surface area contributed by atoms with Gasteiger partial charge in [0.15, 0.2) is 0 Å². The van der Waals surface area contributed by atoms with Crippen LogP contribution in [0.3, 0.4) is 0 Å². The molecule has 0 atom stereocenters. The number of piperazine rings is 1. The zero-order valence-electron chi connectivity index (χ0n) is 12.3. The van der Waals surface area contributed by atoms with Gasteiger partial charge in [0, 0.05) is 44.1 Å².